The molecule has 0 saturated carbocycles. The van der Waals surface area contributed by atoms with Gasteiger partial charge in [0.15, 0.2) is 5.03 Å². The third kappa shape index (κ3) is 5.27. The smallest absolute Gasteiger partial charge is 0.284 e. The molecule has 1 aliphatic rings. The number of carbonyl (C=O) groups excluding carboxylic acids is 2. The number of amides is 2. The predicted octanol–water partition coefficient (Wildman–Crippen LogP) is 0.00190. The van der Waals surface area contributed by atoms with Crippen molar-refractivity contribution in [1.29, 1.82) is 0 Å². The molecule has 0 radical (unpaired) electrons. The van der Waals surface area contributed by atoms with Crippen LogP contribution in [0.4, 0.5) is 0 Å². The van der Waals surface area contributed by atoms with Gasteiger partial charge in [-0.3, -0.25) is 9.59 Å². The van der Waals surface area contributed by atoms with Gasteiger partial charge in [0.2, 0.25) is 11.8 Å². The molecular weight excluding hydrogens is 384 g/mol. The van der Waals surface area contributed by atoms with Gasteiger partial charge in [-0.1, -0.05) is 13.0 Å². The van der Waals surface area contributed by atoms with Crippen LogP contribution in [0.5, 0.6) is 0 Å². The Morgan fingerprint density at radius 3 is 2.71 bits per heavy atom. The number of hydrogen-bond acceptors (Lipinski definition) is 7. The number of sulfonamides is 1. The second-order valence-electron chi connectivity index (χ2n) is 7.23. The van der Waals surface area contributed by atoms with E-state index in [-0.39, 0.29) is 30.5 Å². The Balaban J connectivity index is 2.37. The van der Waals surface area contributed by atoms with Crippen LogP contribution in [0.1, 0.15) is 39.5 Å². The van der Waals surface area contributed by atoms with Gasteiger partial charge in [-0.2, -0.15) is 8.42 Å². The largest absolute Gasteiger partial charge is 0.390 e. The van der Waals surface area contributed by atoms with Gasteiger partial charge < -0.3 is 16.2 Å². The summed E-state index contributed by atoms with van der Waals surface area (Å²) in [6.07, 6.45) is 1.14. The number of primary amides is 1. The Bertz CT molecular complexity index is 786. The van der Waals surface area contributed by atoms with E-state index in [1.54, 1.807) is 13.0 Å². The van der Waals surface area contributed by atoms with Crippen molar-refractivity contribution in [2.75, 3.05) is 6.54 Å². The Kier molecular flexibility index (Phi) is 7.50. The fraction of sp³-hybridized carbons (Fsp3) is 0.611. The molecule has 1 fully saturated rings. The first-order valence-corrected chi connectivity index (χ1v) is 10.8. The molecule has 1 aliphatic heterocycles. The second kappa shape index (κ2) is 9.44. The number of aliphatic hydroxyl groups is 1. The van der Waals surface area contributed by atoms with Crippen LogP contribution in [0.3, 0.4) is 0 Å². The van der Waals surface area contributed by atoms with Crippen LogP contribution in [0.15, 0.2) is 29.4 Å². The van der Waals surface area contributed by atoms with Gasteiger partial charge in [0, 0.05) is 31.1 Å². The molecule has 2 heterocycles. The summed E-state index contributed by atoms with van der Waals surface area (Å²) in [5.41, 5.74) is 5.24. The van der Waals surface area contributed by atoms with Crippen molar-refractivity contribution in [2.24, 2.45) is 11.7 Å². The summed E-state index contributed by atoms with van der Waals surface area (Å²) in [7, 11) is -4.27. The first-order chi connectivity index (χ1) is 13.1. The van der Waals surface area contributed by atoms with E-state index in [9.17, 15) is 23.1 Å². The molecule has 0 bridgehead atoms. The minimum atomic E-state index is -4.27. The lowest BCUT2D eigenvalue weighted by Crippen LogP contribution is -2.51. The quantitative estimate of drug-likeness (QED) is 0.572. The van der Waals surface area contributed by atoms with E-state index < -0.39 is 39.9 Å². The topological polar surface area (TPSA) is 143 Å². The molecule has 2 rings (SSSR count). The number of β-amino-alcohol motifs (C(OH)–C–C–N with tert-alkyl or cyclic N) is 1. The molecule has 2 amide bonds. The van der Waals surface area contributed by atoms with Gasteiger partial charge in [-0.25, -0.2) is 9.29 Å². The van der Waals surface area contributed by atoms with Gasteiger partial charge in [0.25, 0.3) is 10.0 Å². The van der Waals surface area contributed by atoms with E-state index >= 15 is 0 Å². The van der Waals surface area contributed by atoms with Gasteiger partial charge in [-0.15, -0.1) is 0 Å². The number of nitrogens with zero attached hydrogens (tertiary/aromatic N) is 2. The fourth-order valence-corrected chi connectivity index (χ4v) is 4.74. The number of pyridine rings is 1. The first kappa shape index (κ1) is 22.3. The molecule has 10 heteroatoms. The van der Waals surface area contributed by atoms with Crippen LogP contribution in [-0.2, 0) is 19.6 Å². The van der Waals surface area contributed by atoms with Crippen molar-refractivity contribution in [2.45, 2.75) is 62.7 Å². The Hall–Kier alpha value is -2.04. The van der Waals surface area contributed by atoms with E-state index in [0.29, 0.717) is 12.8 Å². The standard InChI is InChI=1S/C18H28N4O5S/c1-12(18(19)25)6-9-17(24)22(14-8-7-13(2)21-11-15(14)23)28(26,27)16-5-3-4-10-20-16/h3-5,10,12-15,21,23H,6-9,11H2,1-2H3,(H2,19,25)/t12?,13-,14?,15+/m1/s1. The van der Waals surface area contributed by atoms with E-state index in [2.05, 4.69) is 10.3 Å². The van der Waals surface area contributed by atoms with Crippen LogP contribution in [0.25, 0.3) is 0 Å². The van der Waals surface area contributed by atoms with Crippen molar-refractivity contribution in [1.82, 2.24) is 14.6 Å². The number of nitrogens with two attached hydrogens (primary N) is 1. The van der Waals surface area contributed by atoms with E-state index in [1.807, 2.05) is 6.92 Å². The maximum absolute atomic E-state index is 13.2. The van der Waals surface area contributed by atoms with Crippen molar-refractivity contribution in [3.05, 3.63) is 24.4 Å². The van der Waals surface area contributed by atoms with E-state index in [1.165, 1.54) is 18.3 Å². The molecule has 0 aliphatic carbocycles. The van der Waals surface area contributed by atoms with Gasteiger partial charge in [0.05, 0.1) is 12.1 Å². The maximum atomic E-state index is 13.2. The summed E-state index contributed by atoms with van der Waals surface area (Å²) >= 11 is 0. The number of hydrogen-bond donors (Lipinski definition) is 3. The van der Waals surface area contributed by atoms with Crippen LogP contribution in [0.2, 0.25) is 0 Å². The molecule has 2 unspecified atom stereocenters. The second-order valence-corrected chi connectivity index (χ2v) is 8.99. The van der Waals surface area contributed by atoms with Crippen LogP contribution in [0, 0.1) is 5.92 Å². The zero-order chi connectivity index (χ0) is 20.9. The summed E-state index contributed by atoms with van der Waals surface area (Å²) in [4.78, 5) is 28.1. The fourth-order valence-electron chi connectivity index (χ4n) is 3.14. The zero-order valence-corrected chi connectivity index (χ0v) is 16.9. The minimum absolute atomic E-state index is 0.0871. The minimum Gasteiger partial charge on any atom is -0.390 e. The average Bonchev–Trinajstić information content (AvgIpc) is 2.82. The molecule has 1 aromatic heterocycles. The average molecular weight is 413 g/mol. The summed E-state index contributed by atoms with van der Waals surface area (Å²) in [5, 5.41) is 13.4. The molecule has 4 atom stereocenters. The lowest BCUT2D eigenvalue weighted by atomic mass is 10.0. The third-order valence-corrected chi connectivity index (χ3v) is 6.76. The third-order valence-electron chi connectivity index (χ3n) is 5.00. The number of carbonyl (C=O) groups is 2. The Morgan fingerprint density at radius 2 is 2.11 bits per heavy atom. The molecule has 4 N–H and O–H groups in total. The highest BCUT2D eigenvalue weighted by molar-refractivity contribution is 7.89. The van der Waals surface area contributed by atoms with Crippen molar-refractivity contribution >= 4 is 21.8 Å². The Labute approximate surface area is 165 Å². The summed E-state index contributed by atoms with van der Waals surface area (Å²) in [5.74, 6) is -1.80. The van der Waals surface area contributed by atoms with Gasteiger partial charge >= 0.3 is 0 Å². The highest BCUT2D eigenvalue weighted by atomic mass is 32.2. The Morgan fingerprint density at radius 1 is 1.39 bits per heavy atom. The zero-order valence-electron chi connectivity index (χ0n) is 16.1. The molecule has 1 aromatic rings. The SMILES string of the molecule is CC(CCC(=O)N(C1CC[C@@H](C)NC[C@@H]1O)S(=O)(=O)c1ccccn1)C(N)=O. The van der Waals surface area contributed by atoms with Gasteiger partial charge in [0.1, 0.15) is 0 Å². The van der Waals surface area contributed by atoms with Crippen molar-refractivity contribution in [3.8, 4) is 0 Å². The van der Waals surface area contributed by atoms with Gasteiger partial charge in [-0.05, 0) is 38.3 Å². The van der Waals surface area contributed by atoms with E-state index in [0.717, 1.165) is 4.31 Å². The molecule has 156 valence electrons. The maximum Gasteiger partial charge on any atom is 0.284 e. The van der Waals surface area contributed by atoms with Crippen molar-refractivity contribution < 1.29 is 23.1 Å². The molecular formula is C18H28N4O5S. The lowest BCUT2D eigenvalue weighted by Gasteiger charge is -2.33. The summed E-state index contributed by atoms with van der Waals surface area (Å²) in [6, 6.07) is 3.58. The highest BCUT2D eigenvalue weighted by Gasteiger charge is 2.40. The number of aliphatic hydroxyl groups excluding tert-OH is 1. The van der Waals surface area contributed by atoms with Crippen LogP contribution >= 0.6 is 0 Å². The summed E-state index contributed by atoms with van der Waals surface area (Å²) < 4.78 is 27.2. The normalized spacial score (nSPS) is 24.2. The first-order valence-electron chi connectivity index (χ1n) is 9.33. The lowest BCUT2D eigenvalue weighted by molar-refractivity contribution is -0.130. The monoisotopic (exact) mass is 412 g/mol. The molecule has 28 heavy (non-hydrogen) atoms. The van der Waals surface area contributed by atoms with E-state index in [4.69, 9.17) is 5.73 Å². The molecule has 1 saturated heterocycles. The van der Waals surface area contributed by atoms with Crippen molar-refractivity contribution in [3.63, 3.8) is 0 Å². The summed E-state index contributed by atoms with van der Waals surface area (Å²) in [6.45, 7) is 3.69. The molecule has 9 nitrogen and oxygen atoms in total. The molecule has 0 aromatic carbocycles. The number of aromatic nitrogens is 1. The van der Waals surface area contributed by atoms with Crippen LogP contribution in [-0.4, -0.2) is 59.4 Å². The number of rotatable bonds is 7. The molecule has 0 spiro atoms. The predicted molar refractivity (Wildman–Crippen MR) is 102 cm³/mol. The number of nitrogens with one attached hydrogen (secondary N) is 1. The van der Waals surface area contributed by atoms with Crippen LogP contribution < -0.4 is 11.1 Å². The highest BCUT2D eigenvalue weighted by Crippen LogP contribution is 2.25.